The SMILES string of the molecule is CN(CC[C@@H](CN1CCC(c2ccccc2)CC1)c1ccccc1)S(=O)(=O)c1ccccc1. The van der Waals surface area contributed by atoms with E-state index in [0.717, 1.165) is 26.1 Å². The summed E-state index contributed by atoms with van der Waals surface area (Å²) < 4.78 is 27.4. The molecule has 3 aromatic rings. The summed E-state index contributed by atoms with van der Waals surface area (Å²) in [6.45, 7) is 3.63. The van der Waals surface area contributed by atoms with Crippen molar-refractivity contribution in [2.75, 3.05) is 33.2 Å². The fourth-order valence-corrected chi connectivity index (χ4v) is 6.01. The molecule has 0 saturated carbocycles. The molecule has 4 rings (SSSR count). The molecule has 1 aliphatic heterocycles. The first-order valence-electron chi connectivity index (χ1n) is 11.9. The van der Waals surface area contributed by atoms with Crippen LogP contribution in [0.3, 0.4) is 0 Å². The standard InChI is InChI=1S/C28H34N2O2S/c1-29(33(31,32)28-15-9-4-10-16-28)20-17-27(25-13-7-3-8-14-25)23-30-21-18-26(19-22-30)24-11-5-2-6-12-24/h2-16,26-27H,17-23H2,1H3/t27-/m0/s1. The Morgan fingerprint density at radius 2 is 1.39 bits per heavy atom. The summed E-state index contributed by atoms with van der Waals surface area (Å²) in [5, 5.41) is 0. The van der Waals surface area contributed by atoms with Crippen LogP contribution < -0.4 is 0 Å². The Morgan fingerprint density at radius 1 is 0.848 bits per heavy atom. The van der Waals surface area contributed by atoms with Crippen LogP contribution >= 0.6 is 0 Å². The second-order valence-electron chi connectivity index (χ2n) is 9.02. The average Bonchev–Trinajstić information content (AvgIpc) is 2.88. The number of piperidine rings is 1. The van der Waals surface area contributed by atoms with E-state index in [0.29, 0.717) is 23.3 Å². The molecule has 0 unspecified atom stereocenters. The van der Waals surface area contributed by atoms with Gasteiger partial charge in [0.15, 0.2) is 0 Å². The van der Waals surface area contributed by atoms with Gasteiger partial charge in [0.05, 0.1) is 4.90 Å². The summed E-state index contributed by atoms with van der Waals surface area (Å²) in [4.78, 5) is 2.91. The summed E-state index contributed by atoms with van der Waals surface area (Å²) in [5.74, 6) is 0.938. The molecule has 5 heteroatoms. The van der Waals surface area contributed by atoms with Crippen LogP contribution in [0.5, 0.6) is 0 Å². The van der Waals surface area contributed by atoms with Gasteiger partial charge in [-0.2, -0.15) is 0 Å². The molecule has 0 radical (unpaired) electrons. The minimum absolute atomic E-state index is 0.299. The molecule has 0 aromatic heterocycles. The maximum absolute atomic E-state index is 13.0. The van der Waals surface area contributed by atoms with E-state index in [1.807, 2.05) is 12.1 Å². The number of benzene rings is 3. The predicted octanol–water partition coefficient (Wildman–Crippen LogP) is 5.36. The maximum atomic E-state index is 13.0. The van der Waals surface area contributed by atoms with Crippen molar-refractivity contribution in [2.24, 2.45) is 0 Å². The number of likely N-dealkylation sites (tertiary alicyclic amines) is 1. The van der Waals surface area contributed by atoms with Gasteiger partial charge in [-0.05, 0) is 67.4 Å². The summed E-state index contributed by atoms with van der Waals surface area (Å²) in [7, 11) is -1.78. The lowest BCUT2D eigenvalue weighted by Gasteiger charge is -2.35. The molecule has 4 nitrogen and oxygen atoms in total. The summed E-state index contributed by atoms with van der Waals surface area (Å²) in [6.07, 6.45) is 3.15. The normalized spacial score (nSPS) is 16.7. The number of nitrogens with zero attached hydrogens (tertiary/aromatic N) is 2. The van der Waals surface area contributed by atoms with Gasteiger partial charge < -0.3 is 4.90 Å². The molecule has 1 saturated heterocycles. The average molecular weight is 463 g/mol. The van der Waals surface area contributed by atoms with Crippen molar-refractivity contribution in [1.29, 1.82) is 0 Å². The predicted molar refractivity (Wildman–Crippen MR) is 135 cm³/mol. The first-order chi connectivity index (χ1) is 16.0. The first kappa shape index (κ1) is 23.7. The molecule has 1 fully saturated rings. The van der Waals surface area contributed by atoms with E-state index in [-0.39, 0.29) is 0 Å². The zero-order valence-electron chi connectivity index (χ0n) is 19.4. The molecule has 0 spiro atoms. The van der Waals surface area contributed by atoms with Gasteiger partial charge in [0.1, 0.15) is 0 Å². The van der Waals surface area contributed by atoms with Crippen LogP contribution in [-0.2, 0) is 10.0 Å². The van der Waals surface area contributed by atoms with E-state index in [4.69, 9.17) is 0 Å². The Hall–Kier alpha value is -2.47. The minimum atomic E-state index is -3.47. The Bertz CT molecular complexity index is 1080. The van der Waals surface area contributed by atoms with Crippen LogP contribution in [0.2, 0.25) is 0 Å². The topological polar surface area (TPSA) is 40.6 Å². The van der Waals surface area contributed by atoms with Gasteiger partial charge >= 0.3 is 0 Å². The molecular weight excluding hydrogens is 428 g/mol. The highest BCUT2D eigenvalue weighted by Crippen LogP contribution is 2.30. The fraction of sp³-hybridized carbons (Fsp3) is 0.357. The third kappa shape index (κ3) is 6.11. The molecule has 0 N–H and O–H groups in total. The van der Waals surface area contributed by atoms with Gasteiger partial charge in [-0.1, -0.05) is 78.9 Å². The van der Waals surface area contributed by atoms with Crippen molar-refractivity contribution < 1.29 is 8.42 Å². The van der Waals surface area contributed by atoms with Crippen molar-refractivity contribution >= 4 is 10.0 Å². The van der Waals surface area contributed by atoms with E-state index in [9.17, 15) is 8.42 Å². The summed E-state index contributed by atoms with van der Waals surface area (Å²) >= 11 is 0. The van der Waals surface area contributed by atoms with Crippen LogP contribution in [0.1, 0.15) is 42.2 Å². The summed E-state index contributed by atoms with van der Waals surface area (Å²) in [6, 6.07) is 30.1. The monoisotopic (exact) mass is 462 g/mol. The van der Waals surface area contributed by atoms with Crippen molar-refractivity contribution in [3.8, 4) is 0 Å². The largest absolute Gasteiger partial charge is 0.303 e. The van der Waals surface area contributed by atoms with E-state index in [2.05, 4.69) is 59.5 Å². The van der Waals surface area contributed by atoms with Gasteiger partial charge in [0, 0.05) is 20.1 Å². The van der Waals surface area contributed by atoms with Crippen molar-refractivity contribution in [3.63, 3.8) is 0 Å². The van der Waals surface area contributed by atoms with E-state index < -0.39 is 10.0 Å². The van der Waals surface area contributed by atoms with Crippen LogP contribution in [0.15, 0.2) is 95.9 Å². The first-order valence-corrected chi connectivity index (χ1v) is 13.3. The van der Waals surface area contributed by atoms with Gasteiger partial charge in [0.2, 0.25) is 10.0 Å². The fourth-order valence-electron chi connectivity index (χ4n) is 4.80. The second-order valence-corrected chi connectivity index (χ2v) is 11.1. The Balaban J connectivity index is 1.39. The Labute approximate surface area is 198 Å². The van der Waals surface area contributed by atoms with Crippen LogP contribution in [-0.4, -0.2) is 50.8 Å². The Morgan fingerprint density at radius 3 is 2.00 bits per heavy atom. The van der Waals surface area contributed by atoms with Crippen LogP contribution in [0, 0.1) is 0 Å². The third-order valence-electron chi connectivity index (χ3n) is 6.85. The van der Waals surface area contributed by atoms with E-state index >= 15 is 0 Å². The highest BCUT2D eigenvalue weighted by molar-refractivity contribution is 7.89. The third-order valence-corrected chi connectivity index (χ3v) is 8.72. The lowest BCUT2D eigenvalue weighted by atomic mass is 9.88. The maximum Gasteiger partial charge on any atom is 0.242 e. The number of hydrogen-bond donors (Lipinski definition) is 0. The molecule has 33 heavy (non-hydrogen) atoms. The van der Waals surface area contributed by atoms with E-state index in [1.54, 1.807) is 31.3 Å². The van der Waals surface area contributed by atoms with E-state index in [1.165, 1.54) is 28.3 Å². The molecule has 0 bridgehead atoms. The van der Waals surface area contributed by atoms with Crippen molar-refractivity contribution in [2.45, 2.75) is 36.0 Å². The number of sulfonamides is 1. The van der Waals surface area contributed by atoms with Crippen LogP contribution in [0.25, 0.3) is 0 Å². The van der Waals surface area contributed by atoms with Gasteiger partial charge in [0.25, 0.3) is 0 Å². The minimum Gasteiger partial charge on any atom is -0.303 e. The lowest BCUT2D eigenvalue weighted by Crippen LogP contribution is -2.37. The van der Waals surface area contributed by atoms with Crippen molar-refractivity contribution in [3.05, 3.63) is 102 Å². The van der Waals surface area contributed by atoms with Gasteiger partial charge in [-0.15, -0.1) is 0 Å². The second kappa shape index (κ2) is 11.1. The quantitative estimate of drug-likeness (QED) is 0.430. The van der Waals surface area contributed by atoms with Crippen molar-refractivity contribution in [1.82, 2.24) is 9.21 Å². The number of hydrogen-bond acceptors (Lipinski definition) is 3. The molecule has 1 atom stereocenters. The molecule has 1 aliphatic rings. The molecule has 174 valence electrons. The van der Waals surface area contributed by atoms with Gasteiger partial charge in [-0.25, -0.2) is 12.7 Å². The molecule has 0 aliphatic carbocycles. The number of rotatable bonds is 9. The lowest BCUT2D eigenvalue weighted by molar-refractivity contribution is 0.196. The smallest absolute Gasteiger partial charge is 0.242 e. The highest BCUT2D eigenvalue weighted by Gasteiger charge is 2.25. The highest BCUT2D eigenvalue weighted by atomic mass is 32.2. The zero-order valence-corrected chi connectivity index (χ0v) is 20.2. The van der Waals surface area contributed by atoms with Crippen LogP contribution in [0.4, 0.5) is 0 Å². The molecular formula is C28H34N2O2S. The Kier molecular flexibility index (Phi) is 7.97. The molecule has 1 heterocycles. The summed E-state index contributed by atoms with van der Waals surface area (Å²) in [5.41, 5.74) is 2.73. The molecule has 0 amide bonds. The van der Waals surface area contributed by atoms with Gasteiger partial charge in [-0.3, -0.25) is 0 Å². The molecule has 3 aromatic carbocycles. The zero-order chi connectivity index (χ0) is 23.1.